The number of nitrogen functional groups attached to an aromatic ring is 1. The van der Waals surface area contributed by atoms with Gasteiger partial charge in [0.05, 0.1) is 0 Å². The normalized spacial score (nSPS) is 20.5. The molecular weight excluding hydrogens is 324 g/mol. The molecule has 5 nitrogen and oxygen atoms in total. The lowest BCUT2D eigenvalue weighted by atomic mass is 9.96. The number of nitrogens with zero attached hydrogens (tertiary/aromatic N) is 2. The predicted molar refractivity (Wildman–Crippen MR) is 106 cm³/mol. The van der Waals surface area contributed by atoms with Crippen LogP contribution in [0.2, 0.25) is 0 Å². The van der Waals surface area contributed by atoms with Gasteiger partial charge in [0.1, 0.15) is 5.82 Å². The summed E-state index contributed by atoms with van der Waals surface area (Å²) in [4.78, 5) is 6.96. The Hall–Kier alpha value is -1.95. The first-order valence-corrected chi connectivity index (χ1v) is 9.56. The highest BCUT2D eigenvalue weighted by Crippen LogP contribution is 2.24. The average Bonchev–Trinajstić information content (AvgIpc) is 3.03. The van der Waals surface area contributed by atoms with E-state index in [-0.39, 0.29) is 6.61 Å². The van der Waals surface area contributed by atoms with Crippen LogP contribution in [0.5, 0.6) is 0 Å². The Morgan fingerprint density at radius 3 is 2.73 bits per heavy atom. The summed E-state index contributed by atoms with van der Waals surface area (Å²) in [6, 6.07) is 17.0. The largest absolute Gasteiger partial charge is 0.396 e. The summed E-state index contributed by atoms with van der Waals surface area (Å²) in [5.74, 6) is 1.18. The molecule has 4 N–H and O–H groups in total. The Bertz CT molecular complexity index is 664. The molecular formula is C21H30N4O. The van der Waals surface area contributed by atoms with Crippen molar-refractivity contribution in [3.63, 3.8) is 0 Å². The molecule has 1 aromatic carbocycles. The summed E-state index contributed by atoms with van der Waals surface area (Å²) in [5, 5.41) is 12.7. The number of aromatic nitrogens is 1. The van der Waals surface area contributed by atoms with Crippen molar-refractivity contribution in [3.8, 4) is 0 Å². The molecule has 3 rings (SSSR count). The third-order valence-electron chi connectivity index (χ3n) is 5.11. The van der Waals surface area contributed by atoms with Gasteiger partial charge in [0.2, 0.25) is 0 Å². The molecule has 1 aliphatic rings. The lowest BCUT2D eigenvalue weighted by Gasteiger charge is -2.19. The van der Waals surface area contributed by atoms with E-state index in [4.69, 9.17) is 10.8 Å². The van der Waals surface area contributed by atoms with Crippen molar-refractivity contribution in [3.05, 3.63) is 59.8 Å². The van der Waals surface area contributed by atoms with E-state index in [2.05, 4.69) is 51.6 Å². The van der Waals surface area contributed by atoms with Gasteiger partial charge in [-0.2, -0.15) is 0 Å². The fraction of sp³-hybridized carbons (Fsp3) is 0.476. The molecule has 0 bridgehead atoms. The van der Waals surface area contributed by atoms with Gasteiger partial charge < -0.3 is 16.2 Å². The molecule has 2 atom stereocenters. The monoisotopic (exact) mass is 354 g/mol. The summed E-state index contributed by atoms with van der Waals surface area (Å²) in [7, 11) is 0. The maximum Gasteiger partial charge on any atom is 0.123 e. The third kappa shape index (κ3) is 5.53. The van der Waals surface area contributed by atoms with E-state index in [9.17, 15) is 0 Å². The summed E-state index contributed by atoms with van der Waals surface area (Å²) in [6.45, 7) is 4.24. The van der Waals surface area contributed by atoms with Crippen LogP contribution in [0, 0.1) is 5.92 Å². The summed E-state index contributed by atoms with van der Waals surface area (Å²) >= 11 is 0. The van der Waals surface area contributed by atoms with E-state index in [0.29, 0.717) is 17.8 Å². The van der Waals surface area contributed by atoms with Crippen LogP contribution in [0.4, 0.5) is 5.82 Å². The van der Waals surface area contributed by atoms with E-state index >= 15 is 0 Å². The number of likely N-dealkylation sites (tertiary alicyclic amines) is 1. The zero-order valence-electron chi connectivity index (χ0n) is 15.3. The number of aliphatic hydroxyl groups is 1. The highest BCUT2D eigenvalue weighted by molar-refractivity contribution is 5.28. The van der Waals surface area contributed by atoms with E-state index in [1.54, 1.807) is 0 Å². The second kappa shape index (κ2) is 9.67. The number of rotatable bonds is 9. The fourth-order valence-electron chi connectivity index (χ4n) is 3.79. The molecule has 2 aromatic rings. The number of nitrogens with one attached hydrogen (secondary N) is 1. The van der Waals surface area contributed by atoms with E-state index in [0.717, 1.165) is 51.1 Å². The summed E-state index contributed by atoms with van der Waals surface area (Å²) < 4.78 is 0. The van der Waals surface area contributed by atoms with E-state index in [1.807, 2.05) is 12.1 Å². The van der Waals surface area contributed by atoms with Gasteiger partial charge in [0.15, 0.2) is 0 Å². The van der Waals surface area contributed by atoms with Gasteiger partial charge in [0.25, 0.3) is 0 Å². The molecule has 1 saturated heterocycles. The number of hydrogen-bond acceptors (Lipinski definition) is 5. The Balaban J connectivity index is 1.58. The second-order valence-electron chi connectivity index (χ2n) is 7.17. The molecule has 2 unspecified atom stereocenters. The fourth-order valence-corrected chi connectivity index (χ4v) is 3.79. The maximum atomic E-state index is 9.06. The first-order valence-electron chi connectivity index (χ1n) is 9.56. The van der Waals surface area contributed by atoms with Gasteiger partial charge in [0, 0.05) is 38.0 Å². The summed E-state index contributed by atoms with van der Waals surface area (Å²) in [6.07, 6.45) is 2.85. The van der Waals surface area contributed by atoms with Gasteiger partial charge in [-0.15, -0.1) is 0 Å². The number of anilines is 1. The van der Waals surface area contributed by atoms with Crippen molar-refractivity contribution >= 4 is 5.82 Å². The van der Waals surface area contributed by atoms with Crippen molar-refractivity contribution in [2.45, 2.75) is 31.8 Å². The van der Waals surface area contributed by atoms with Gasteiger partial charge in [-0.25, -0.2) is 4.98 Å². The highest BCUT2D eigenvalue weighted by Gasteiger charge is 2.31. The van der Waals surface area contributed by atoms with Crippen LogP contribution >= 0.6 is 0 Å². The number of nitrogens with two attached hydrogens (primary N) is 1. The molecule has 0 spiro atoms. The molecule has 1 aromatic heterocycles. The molecule has 0 aliphatic carbocycles. The standard InChI is InChI=1S/C21H30N4O/c22-21-9-4-8-19(24-21)11-10-18-15-25(14-17-6-2-1-3-7-17)16-20(18)23-12-5-13-26/h1-4,6-9,18,20,23,26H,5,10-16H2,(H2,22,24). The maximum absolute atomic E-state index is 9.06. The first kappa shape index (κ1) is 18.8. The quantitative estimate of drug-likeness (QED) is 0.601. The summed E-state index contributed by atoms with van der Waals surface area (Å²) in [5.41, 5.74) is 8.23. The lowest BCUT2D eigenvalue weighted by molar-refractivity contribution is 0.279. The SMILES string of the molecule is Nc1cccc(CCC2CN(Cc3ccccc3)CC2NCCCO)n1. The number of hydrogen-bond donors (Lipinski definition) is 3. The van der Waals surface area contributed by atoms with Crippen LogP contribution < -0.4 is 11.1 Å². The zero-order chi connectivity index (χ0) is 18.2. The van der Waals surface area contributed by atoms with Crippen molar-refractivity contribution in [2.75, 3.05) is 32.0 Å². The molecule has 1 aliphatic heterocycles. The molecule has 2 heterocycles. The van der Waals surface area contributed by atoms with E-state index in [1.165, 1.54) is 5.56 Å². The highest BCUT2D eigenvalue weighted by atomic mass is 16.3. The Labute approximate surface area is 156 Å². The third-order valence-corrected chi connectivity index (χ3v) is 5.11. The van der Waals surface area contributed by atoms with Crippen LogP contribution in [-0.4, -0.2) is 47.3 Å². The van der Waals surface area contributed by atoms with Gasteiger partial charge in [-0.05, 0) is 49.4 Å². The number of aliphatic hydroxyl groups excluding tert-OH is 1. The molecule has 1 fully saturated rings. The molecule has 140 valence electrons. The predicted octanol–water partition coefficient (Wildman–Crippen LogP) is 2.07. The molecule has 26 heavy (non-hydrogen) atoms. The average molecular weight is 354 g/mol. The number of benzene rings is 1. The van der Waals surface area contributed by atoms with Crippen molar-refractivity contribution in [1.29, 1.82) is 0 Å². The Kier molecular flexibility index (Phi) is 7.00. The van der Waals surface area contributed by atoms with E-state index < -0.39 is 0 Å². The molecule has 5 heteroatoms. The minimum absolute atomic E-state index is 0.241. The first-order chi connectivity index (χ1) is 12.7. The van der Waals surface area contributed by atoms with Gasteiger partial charge >= 0.3 is 0 Å². The van der Waals surface area contributed by atoms with Crippen molar-refractivity contribution < 1.29 is 5.11 Å². The van der Waals surface area contributed by atoms with Crippen LogP contribution in [-0.2, 0) is 13.0 Å². The molecule has 0 saturated carbocycles. The van der Waals surface area contributed by atoms with Crippen LogP contribution in [0.15, 0.2) is 48.5 Å². The Morgan fingerprint density at radius 2 is 1.96 bits per heavy atom. The van der Waals surface area contributed by atoms with Gasteiger partial charge in [-0.3, -0.25) is 4.90 Å². The molecule has 0 amide bonds. The van der Waals surface area contributed by atoms with Crippen LogP contribution in [0.3, 0.4) is 0 Å². The van der Waals surface area contributed by atoms with Crippen LogP contribution in [0.1, 0.15) is 24.1 Å². The second-order valence-corrected chi connectivity index (χ2v) is 7.17. The van der Waals surface area contributed by atoms with Crippen molar-refractivity contribution in [2.24, 2.45) is 5.92 Å². The number of pyridine rings is 1. The van der Waals surface area contributed by atoms with Gasteiger partial charge in [-0.1, -0.05) is 36.4 Å². The topological polar surface area (TPSA) is 74.4 Å². The Morgan fingerprint density at radius 1 is 1.12 bits per heavy atom. The smallest absolute Gasteiger partial charge is 0.123 e. The van der Waals surface area contributed by atoms with Crippen molar-refractivity contribution in [1.82, 2.24) is 15.2 Å². The lowest BCUT2D eigenvalue weighted by Crippen LogP contribution is -2.37. The van der Waals surface area contributed by atoms with Crippen LogP contribution in [0.25, 0.3) is 0 Å². The minimum atomic E-state index is 0.241. The number of aryl methyl sites for hydroxylation is 1. The molecule has 0 radical (unpaired) electrons. The minimum Gasteiger partial charge on any atom is -0.396 e. The zero-order valence-corrected chi connectivity index (χ0v) is 15.3.